The van der Waals surface area contributed by atoms with Gasteiger partial charge in [-0.1, -0.05) is 25.9 Å². The Morgan fingerprint density at radius 2 is 2.00 bits per heavy atom. The van der Waals surface area contributed by atoms with Crippen molar-refractivity contribution in [2.45, 2.75) is 27.7 Å². The smallest absolute Gasteiger partial charge is 0.328 e. The minimum Gasteiger partial charge on any atom is -0.481 e. The molecule has 0 bridgehead atoms. The average molecular weight is 241 g/mol. The first-order valence-corrected chi connectivity index (χ1v) is 5.06. The van der Waals surface area contributed by atoms with Gasteiger partial charge in [-0.2, -0.15) is 4.98 Å². The summed E-state index contributed by atoms with van der Waals surface area (Å²) < 4.78 is 4.69. The number of hydrogen-bond acceptors (Lipinski definition) is 5. The van der Waals surface area contributed by atoms with Crippen molar-refractivity contribution >= 4 is 17.9 Å². The number of nitrogens with one attached hydrogen (secondary N) is 1. The lowest BCUT2D eigenvalue weighted by Gasteiger charge is -2.25. The Kier molecular flexibility index (Phi) is 3.50. The molecule has 2 N–H and O–H groups in total. The van der Waals surface area contributed by atoms with Crippen LogP contribution in [0, 0.1) is 18.3 Å². The van der Waals surface area contributed by atoms with Crippen LogP contribution in [-0.2, 0) is 9.59 Å². The summed E-state index contributed by atoms with van der Waals surface area (Å²) in [5.41, 5.74) is -0.703. The second-order valence-electron chi connectivity index (χ2n) is 4.77. The second kappa shape index (κ2) is 4.52. The first-order chi connectivity index (χ1) is 7.71. The maximum Gasteiger partial charge on any atom is 0.328 e. The number of anilines is 1. The maximum atomic E-state index is 11.8. The van der Waals surface area contributed by atoms with Crippen molar-refractivity contribution in [3.05, 3.63) is 5.82 Å². The molecule has 0 aliphatic heterocycles. The fraction of sp³-hybridized carbons (Fsp3) is 0.600. The van der Waals surface area contributed by atoms with Crippen molar-refractivity contribution in [2.24, 2.45) is 11.3 Å². The van der Waals surface area contributed by atoms with E-state index in [1.165, 1.54) is 0 Å². The zero-order valence-electron chi connectivity index (χ0n) is 10.1. The highest BCUT2D eigenvalue weighted by Gasteiger charge is 2.38. The number of carbonyl (C=O) groups is 2. The summed E-state index contributed by atoms with van der Waals surface area (Å²) in [7, 11) is 0. The number of carbonyl (C=O) groups excluding carboxylic acids is 1. The third-order valence-corrected chi connectivity index (χ3v) is 2.13. The monoisotopic (exact) mass is 241 g/mol. The molecule has 0 spiro atoms. The molecule has 1 amide bonds. The molecule has 1 aromatic heterocycles. The number of carboxylic acids is 1. The number of aromatic nitrogens is 2. The Morgan fingerprint density at radius 3 is 2.35 bits per heavy atom. The van der Waals surface area contributed by atoms with Crippen LogP contribution in [0.5, 0.6) is 0 Å². The Labute approximate surface area is 98.2 Å². The van der Waals surface area contributed by atoms with Gasteiger partial charge in [0.2, 0.25) is 5.91 Å². The highest BCUT2D eigenvalue weighted by atomic mass is 16.5. The van der Waals surface area contributed by atoms with Crippen molar-refractivity contribution in [1.29, 1.82) is 0 Å². The van der Waals surface area contributed by atoms with Gasteiger partial charge in [-0.3, -0.25) is 14.9 Å². The molecule has 7 nitrogen and oxygen atoms in total. The Balaban J connectivity index is 2.84. The number of aliphatic carboxylic acids is 1. The summed E-state index contributed by atoms with van der Waals surface area (Å²) in [6.07, 6.45) is 0. The number of rotatable bonds is 3. The molecule has 1 unspecified atom stereocenters. The van der Waals surface area contributed by atoms with Crippen LogP contribution in [-0.4, -0.2) is 27.1 Å². The van der Waals surface area contributed by atoms with Crippen LogP contribution < -0.4 is 5.32 Å². The van der Waals surface area contributed by atoms with Crippen molar-refractivity contribution in [2.75, 3.05) is 5.32 Å². The molecule has 0 aliphatic rings. The van der Waals surface area contributed by atoms with E-state index in [0.717, 1.165) is 0 Å². The summed E-state index contributed by atoms with van der Waals surface area (Å²) >= 11 is 0. The predicted octanol–water partition coefficient (Wildman–Crippen LogP) is 1.06. The van der Waals surface area contributed by atoms with Gasteiger partial charge in [-0.25, -0.2) is 0 Å². The lowest BCUT2D eigenvalue weighted by molar-refractivity contribution is -0.149. The highest BCUT2D eigenvalue weighted by molar-refractivity contribution is 6.03. The van der Waals surface area contributed by atoms with E-state index in [2.05, 4.69) is 15.5 Å². The highest BCUT2D eigenvalue weighted by Crippen LogP contribution is 2.27. The van der Waals surface area contributed by atoms with Crippen LogP contribution in [0.25, 0.3) is 0 Å². The van der Waals surface area contributed by atoms with Gasteiger partial charge in [0.05, 0.1) is 0 Å². The summed E-state index contributed by atoms with van der Waals surface area (Å²) in [5.74, 6) is -2.68. The van der Waals surface area contributed by atoms with E-state index in [1.54, 1.807) is 27.7 Å². The van der Waals surface area contributed by atoms with E-state index in [-0.39, 0.29) is 6.01 Å². The van der Waals surface area contributed by atoms with E-state index in [9.17, 15) is 9.59 Å². The average Bonchev–Trinajstić information content (AvgIpc) is 2.46. The van der Waals surface area contributed by atoms with Gasteiger partial charge in [0.25, 0.3) is 0 Å². The van der Waals surface area contributed by atoms with Crippen LogP contribution in [0.4, 0.5) is 6.01 Å². The number of nitrogens with zero attached hydrogens (tertiary/aromatic N) is 2. The molecule has 0 aromatic carbocycles. The number of carboxylic acid groups (broad SMARTS) is 1. The van der Waals surface area contributed by atoms with Gasteiger partial charge in [0.1, 0.15) is 5.92 Å². The van der Waals surface area contributed by atoms with E-state index in [0.29, 0.717) is 5.82 Å². The lowest BCUT2D eigenvalue weighted by atomic mass is 9.80. The van der Waals surface area contributed by atoms with E-state index in [1.807, 2.05) is 0 Å². The van der Waals surface area contributed by atoms with Gasteiger partial charge in [0, 0.05) is 0 Å². The standard InChI is InChI=1S/C10H15N3O4/c1-5-11-9(17-13-5)12-7(14)6(8(15)16)10(2,3)4/h6H,1-4H3,(H,15,16)(H,11,12,13,14). The molecule has 1 rings (SSSR count). The van der Waals surface area contributed by atoms with Crippen LogP contribution in [0.15, 0.2) is 4.52 Å². The zero-order valence-corrected chi connectivity index (χ0v) is 10.1. The van der Waals surface area contributed by atoms with Crippen LogP contribution >= 0.6 is 0 Å². The van der Waals surface area contributed by atoms with Gasteiger partial charge in [-0.05, 0) is 12.3 Å². The van der Waals surface area contributed by atoms with Gasteiger partial charge in [-0.15, -0.1) is 0 Å². The third kappa shape index (κ3) is 3.27. The second-order valence-corrected chi connectivity index (χ2v) is 4.77. The summed E-state index contributed by atoms with van der Waals surface area (Å²) in [4.78, 5) is 26.6. The minimum absolute atomic E-state index is 0.0944. The summed E-state index contributed by atoms with van der Waals surface area (Å²) in [5, 5.41) is 14.8. The molecule has 17 heavy (non-hydrogen) atoms. The fourth-order valence-electron chi connectivity index (χ4n) is 1.40. The van der Waals surface area contributed by atoms with E-state index < -0.39 is 23.2 Å². The molecule has 7 heteroatoms. The van der Waals surface area contributed by atoms with Crippen LogP contribution in [0.2, 0.25) is 0 Å². The third-order valence-electron chi connectivity index (χ3n) is 2.13. The Hall–Kier alpha value is -1.92. The molecular formula is C10H15N3O4. The van der Waals surface area contributed by atoms with Gasteiger partial charge >= 0.3 is 12.0 Å². The quantitative estimate of drug-likeness (QED) is 0.766. The predicted molar refractivity (Wildman–Crippen MR) is 58.2 cm³/mol. The molecule has 0 fully saturated rings. The maximum absolute atomic E-state index is 11.8. The normalized spacial score (nSPS) is 13.2. The summed E-state index contributed by atoms with van der Waals surface area (Å²) in [6.45, 7) is 6.61. The first-order valence-electron chi connectivity index (χ1n) is 5.06. The lowest BCUT2D eigenvalue weighted by Crippen LogP contribution is -2.39. The van der Waals surface area contributed by atoms with Gasteiger partial charge < -0.3 is 9.63 Å². The molecule has 0 saturated heterocycles. The molecule has 1 heterocycles. The number of amides is 1. The van der Waals surface area contributed by atoms with Crippen molar-refractivity contribution in [3.8, 4) is 0 Å². The molecule has 1 aromatic rings. The fourth-order valence-corrected chi connectivity index (χ4v) is 1.40. The topological polar surface area (TPSA) is 105 Å². The van der Waals surface area contributed by atoms with E-state index >= 15 is 0 Å². The molecule has 0 aliphatic carbocycles. The largest absolute Gasteiger partial charge is 0.481 e. The first kappa shape index (κ1) is 13.1. The summed E-state index contributed by atoms with van der Waals surface area (Å²) in [6, 6.07) is -0.0944. The molecule has 0 radical (unpaired) electrons. The zero-order chi connectivity index (χ0) is 13.2. The van der Waals surface area contributed by atoms with Crippen molar-refractivity contribution < 1.29 is 19.2 Å². The molecule has 94 valence electrons. The minimum atomic E-state index is -1.19. The Morgan fingerprint density at radius 1 is 1.41 bits per heavy atom. The SMILES string of the molecule is Cc1noc(NC(=O)C(C(=O)O)C(C)(C)C)n1. The number of hydrogen-bond donors (Lipinski definition) is 2. The molecular weight excluding hydrogens is 226 g/mol. The van der Waals surface area contributed by atoms with Crippen LogP contribution in [0.1, 0.15) is 26.6 Å². The van der Waals surface area contributed by atoms with Crippen LogP contribution in [0.3, 0.4) is 0 Å². The van der Waals surface area contributed by atoms with Gasteiger partial charge in [0.15, 0.2) is 5.82 Å². The molecule has 1 atom stereocenters. The molecule has 0 saturated carbocycles. The van der Waals surface area contributed by atoms with Crippen molar-refractivity contribution in [3.63, 3.8) is 0 Å². The van der Waals surface area contributed by atoms with Crippen molar-refractivity contribution in [1.82, 2.24) is 10.1 Å². The van der Waals surface area contributed by atoms with E-state index in [4.69, 9.17) is 9.63 Å². The Bertz CT molecular complexity index is 433. The number of aryl methyl sites for hydroxylation is 1.